The Bertz CT molecular complexity index is 294. The number of hydrogen-bond acceptors (Lipinski definition) is 5. The van der Waals surface area contributed by atoms with Crippen molar-refractivity contribution in [1.82, 2.24) is 0 Å². The maximum Gasteiger partial charge on any atom is 0.355 e. The molecule has 0 amide bonds. The number of esters is 2. The molecule has 0 aliphatic rings. The van der Waals surface area contributed by atoms with Crippen molar-refractivity contribution in [2.75, 3.05) is 14.2 Å². The van der Waals surface area contributed by atoms with Gasteiger partial charge in [-0.05, 0) is 13.3 Å². The van der Waals surface area contributed by atoms with Crippen molar-refractivity contribution >= 4 is 11.9 Å². The molecule has 0 heterocycles. The lowest BCUT2D eigenvalue weighted by Crippen LogP contribution is -2.44. The van der Waals surface area contributed by atoms with Gasteiger partial charge in [0.15, 0.2) is 0 Å². The number of halogens is 1. The largest absolute Gasteiger partial charge is 0.466 e. The second-order valence-corrected chi connectivity index (χ2v) is 3.35. The molecular formula is C10H14FNO4. The van der Waals surface area contributed by atoms with E-state index in [4.69, 9.17) is 5.26 Å². The van der Waals surface area contributed by atoms with Gasteiger partial charge in [0.25, 0.3) is 0 Å². The molecule has 0 bridgehead atoms. The number of rotatable bonds is 5. The molecule has 0 saturated carbocycles. The van der Waals surface area contributed by atoms with Crippen LogP contribution in [0.4, 0.5) is 4.39 Å². The molecular weight excluding hydrogens is 217 g/mol. The van der Waals surface area contributed by atoms with Gasteiger partial charge in [0.2, 0.25) is 0 Å². The van der Waals surface area contributed by atoms with Crippen LogP contribution in [0.3, 0.4) is 0 Å². The Morgan fingerprint density at radius 2 is 1.81 bits per heavy atom. The highest BCUT2D eigenvalue weighted by atomic mass is 19.1. The second kappa shape index (κ2) is 6.05. The van der Waals surface area contributed by atoms with Crippen molar-refractivity contribution < 1.29 is 23.5 Å². The van der Waals surface area contributed by atoms with Crippen LogP contribution in [0.1, 0.15) is 19.8 Å². The van der Waals surface area contributed by atoms with Gasteiger partial charge in [0, 0.05) is 12.3 Å². The summed E-state index contributed by atoms with van der Waals surface area (Å²) >= 11 is 0. The molecule has 6 heteroatoms. The van der Waals surface area contributed by atoms with Gasteiger partial charge < -0.3 is 9.47 Å². The van der Waals surface area contributed by atoms with Crippen molar-refractivity contribution in [2.45, 2.75) is 25.4 Å². The fraction of sp³-hybridized carbons (Fsp3) is 0.700. The highest BCUT2D eigenvalue weighted by Crippen LogP contribution is 2.24. The van der Waals surface area contributed by atoms with Gasteiger partial charge in [-0.25, -0.2) is 14.0 Å². The Hall–Kier alpha value is -1.64. The summed E-state index contributed by atoms with van der Waals surface area (Å²) in [7, 11) is 1.96. The van der Waals surface area contributed by atoms with E-state index in [9.17, 15) is 14.0 Å². The zero-order valence-electron chi connectivity index (χ0n) is 9.45. The van der Waals surface area contributed by atoms with E-state index in [1.54, 1.807) is 6.92 Å². The predicted octanol–water partition coefficient (Wildman–Crippen LogP) is 0.981. The summed E-state index contributed by atoms with van der Waals surface area (Å²) in [4.78, 5) is 22.3. The fourth-order valence-electron chi connectivity index (χ4n) is 1.09. The van der Waals surface area contributed by atoms with E-state index >= 15 is 0 Å². The molecule has 0 aromatic rings. The topological polar surface area (TPSA) is 76.4 Å². The molecule has 0 spiro atoms. The fourth-order valence-corrected chi connectivity index (χ4v) is 1.09. The normalized spacial score (nSPS) is 12.4. The number of nitrogens with zero attached hydrogens (tertiary/aromatic N) is 1. The van der Waals surface area contributed by atoms with Gasteiger partial charge in [-0.3, -0.25) is 0 Å². The third-order valence-electron chi connectivity index (χ3n) is 2.16. The zero-order chi connectivity index (χ0) is 12.8. The van der Waals surface area contributed by atoms with Crippen molar-refractivity contribution in [3.63, 3.8) is 0 Å². The smallest absolute Gasteiger partial charge is 0.355 e. The molecule has 0 saturated heterocycles. The number of nitriles is 1. The Morgan fingerprint density at radius 3 is 2.12 bits per heavy atom. The minimum atomic E-state index is -2.82. The molecule has 0 aliphatic heterocycles. The summed E-state index contributed by atoms with van der Waals surface area (Å²) in [5, 5.41) is 8.52. The van der Waals surface area contributed by atoms with Crippen LogP contribution in [0, 0.1) is 17.2 Å². The van der Waals surface area contributed by atoms with Gasteiger partial charge in [0.1, 0.15) is 0 Å². The molecule has 0 rings (SSSR count). The Kier molecular flexibility index (Phi) is 5.43. The summed E-state index contributed by atoms with van der Waals surface area (Å²) < 4.78 is 22.4. The first kappa shape index (κ1) is 14.4. The van der Waals surface area contributed by atoms with E-state index in [2.05, 4.69) is 9.47 Å². The molecule has 0 aromatic heterocycles. The zero-order valence-corrected chi connectivity index (χ0v) is 9.45. The van der Waals surface area contributed by atoms with Gasteiger partial charge in [-0.1, -0.05) is 0 Å². The van der Waals surface area contributed by atoms with E-state index < -0.39 is 29.9 Å². The van der Waals surface area contributed by atoms with Crippen molar-refractivity contribution in [3.8, 4) is 6.07 Å². The minimum absolute atomic E-state index is 0.0667. The van der Waals surface area contributed by atoms with Gasteiger partial charge >= 0.3 is 17.6 Å². The minimum Gasteiger partial charge on any atom is -0.466 e. The molecule has 0 radical (unpaired) electrons. The van der Waals surface area contributed by atoms with Crippen LogP contribution in [0.15, 0.2) is 0 Å². The van der Waals surface area contributed by atoms with E-state index in [1.807, 2.05) is 6.07 Å². The first-order valence-corrected chi connectivity index (χ1v) is 4.67. The first-order valence-electron chi connectivity index (χ1n) is 4.67. The molecule has 90 valence electrons. The predicted molar refractivity (Wildman–Crippen MR) is 51.9 cm³/mol. The maximum absolute atomic E-state index is 14.0. The van der Waals surface area contributed by atoms with E-state index in [-0.39, 0.29) is 6.42 Å². The Labute approximate surface area is 93.1 Å². The Morgan fingerprint density at radius 1 is 1.38 bits per heavy atom. The van der Waals surface area contributed by atoms with E-state index in [0.29, 0.717) is 0 Å². The average Bonchev–Trinajstić information content (AvgIpc) is 2.32. The van der Waals surface area contributed by atoms with Crippen molar-refractivity contribution in [1.29, 1.82) is 5.26 Å². The monoisotopic (exact) mass is 231 g/mol. The molecule has 5 nitrogen and oxygen atoms in total. The van der Waals surface area contributed by atoms with Crippen LogP contribution in [0.2, 0.25) is 0 Å². The number of methoxy groups -OCH3 is 2. The van der Waals surface area contributed by atoms with Gasteiger partial charge in [-0.2, -0.15) is 5.26 Å². The lowest BCUT2D eigenvalue weighted by molar-refractivity contribution is -0.172. The number of ether oxygens (including phenoxy) is 2. The maximum atomic E-state index is 14.0. The molecule has 0 fully saturated rings. The van der Waals surface area contributed by atoms with Crippen LogP contribution < -0.4 is 0 Å². The average molecular weight is 231 g/mol. The summed E-state index contributed by atoms with van der Waals surface area (Å²) in [6, 6.07) is 1.88. The standard InChI is InChI=1S/C10H14FNO4/c1-7(6-12)4-5-10(11,8(13)15-2)9(14)16-3/h7H,4-5H2,1-3H3. The van der Waals surface area contributed by atoms with E-state index in [0.717, 1.165) is 14.2 Å². The molecule has 0 aromatic carbocycles. The SMILES string of the molecule is COC(=O)C(F)(CCC(C)C#N)C(=O)OC. The summed E-state index contributed by atoms with van der Waals surface area (Å²) in [6.45, 7) is 1.56. The first-order chi connectivity index (χ1) is 7.42. The van der Waals surface area contributed by atoms with E-state index in [1.165, 1.54) is 0 Å². The van der Waals surface area contributed by atoms with Gasteiger partial charge in [0.05, 0.1) is 20.3 Å². The lowest BCUT2D eigenvalue weighted by atomic mass is 9.95. The van der Waals surface area contributed by atoms with Crippen LogP contribution in [0.5, 0.6) is 0 Å². The summed E-state index contributed by atoms with van der Waals surface area (Å²) in [5.74, 6) is -3.06. The molecule has 1 unspecified atom stereocenters. The molecule has 0 N–H and O–H groups in total. The molecule has 1 atom stereocenters. The van der Waals surface area contributed by atoms with Crippen LogP contribution in [-0.2, 0) is 19.1 Å². The Balaban J connectivity index is 4.76. The van der Waals surface area contributed by atoms with Crippen LogP contribution in [-0.4, -0.2) is 31.8 Å². The van der Waals surface area contributed by atoms with Crippen molar-refractivity contribution in [2.24, 2.45) is 5.92 Å². The molecule has 16 heavy (non-hydrogen) atoms. The second-order valence-electron chi connectivity index (χ2n) is 3.35. The lowest BCUT2D eigenvalue weighted by Gasteiger charge is -2.19. The summed E-state index contributed by atoms with van der Waals surface area (Å²) in [5.41, 5.74) is -2.82. The molecule has 0 aliphatic carbocycles. The summed E-state index contributed by atoms with van der Waals surface area (Å²) in [6.07, 6.45) is -0.363. The number of carbonyl (C=O) groups excluding carboxylic acids is 2. The third-order valence-corrected chi connectivity index (χ3v) is 2.16. The van der Waals surface area contributed by atoms with Crippen LogP contribution >= 0.6 is 0 Å². The quantitative estimate of drug-likeness (QED) is 0.520. The van der Waals surface area contributed by atoms with Crippen molar-refractivity contribution in [3.05, 3.63) is 0 Å². The number of hydrogen-bond donors (Lipinski definition) is 0. The van der Waals surface area contributed by atoms with Gasteiger partial charge in [-0.15, -0.1) is 0 Å². The number of carbonyl (C=O) groups is 2. The number of alkyl halides is 1. The highest BCUT2D eigenvalue weighted by Gasteiger charge is 2.49. The highest BCUT2D eigenvalue weighted by molar-refractivity contribution is 6.03. The van der Waals surface area contributed by atoms with Crippen LogP contribution in [0.25, 0.3) is 0 Å². The third kappa shape index (κ3) is 3.19.